The fraction of sp³-hybridized carbons (Fsp3) is 0.529. The Labute approximate surface area is 125 Å². The fourth-order valence-electron chi connectivity index (χ4n) is 3.73. The summed E-state index contributed by atoms with van der Waals surface area (Å²) in [5.74, 6) is 0.264. The molecule has 0 aromatic heterocycles. The van der Waals surface area contributed by atoms with Crippen molar-refractivity contribution >= 4 is 11.7 Å². The number of nitrogens with zero attached hydrogens (tertiary/aromatic N) is 1. The minimum atomic E-state index is -0.416. The number of Topliss-reactive ketones (excluding diaryl/α,β-unsaturated/α-hetero) is 1. The minimum absolute atomic E-state index is 0.00918. The molecule has 0 spiro atoms. The molecule has 0 bridgehead atoms. The molecule has 112 valence electrons. The first-order chi connectivity index (χ1) is 10.1. The third-order valence-electron chi connectivity index (χ3n) is 4.94. The monoisotopic (exact) mass is 287 g/mol. The highest BCUT2D eigenvalue weighted by Crippen LogP contribution is 2.40. The summed E-state index contributed by atoms with van der Waals surface area (Å²) in [6.45, 7) is 2.66. The Bertz CT molecular complexity index is 542. The van der Waals surface area contributed by atoms with E-state index in [9.17, 15) is 9.59 Å². The number of ketones is 1. The highest BCUT2D eigenvalue weighted by atomic mass is 16.5. The van der Waals surface area contributed by atoms with Gasteiger partial charge in [0.15, 0.2) is 5.78 Å². The summed E-state index contributed by atoms with van der Waals surface area (Å²) >= 11 is 0. The van der Waals surface area contributed by atoms with Gasteiger partial charge in [0.05, 0.1) is 6.04 Å². The highest BCUT2D eigenvalue weighted by Gasteiger charge is 2.50. The Morgan fingerprint density at radius 2 is 1.95 bits per heavy atom. The van der Waals surface area contributed by atoms with Crippen LogP contribution in [0.15, 0.2) is 30.3 Å². The van der Waals surface area contributed by atoms with E-state index in [0.717, 1.165) is 5.56 Å². The predicted octanol–water partition coefficient (Wildman–Crippen LogP) is 2.20. The summed E-state index contributed by atoms with van der Waals surface area (Å²) in [6.07, 6.45) is 0.708. The first-order valence-corrected chi connectivity index (χ1v) is 7.54. The maximum absolute atomic E-state index is 12.7. The van der Waals surface area contributed by atoms with E-state index in [1.165, 1.54) is 0 Å². The second-order valence-electron chi connectivity index (χ2n) is 6.01. The molecule has 2 fully saturated rings. The molecule has 1 saturated heterocycles. The number of methoxy groups -OCH3 is 1. The van der Waals surface area contributed by atoms with Gasteiger partial charge in [0.2, 0.25) is 5.91 Å². The van der Waals surface area contributed by atoms with Gasteiger partial charge in [0, 0.05) is 31.9 Å². The second-order valence-corrected chi connectivity index (χ2v) is 6.01. The maximum Gasteiger partial charge on any atom is 0.226 e. The van der Waals surface area contributed by atoms with Crippen LogP contribution < -0.4 is 0 Å². The Hall–Kier alpha value is -1.68. The lowest BCUT2D eigenvalue weighted by molar-refractivity contribution is -0.139. The zero-order valence-electron chi connectivity index (χ0n) is 12.5. The maximum atomic E-state index is 12.7. The first kappa shape index (κ1) is 14.3. The van der Waals surface area contributed by atoms with Crippen molar-refractivity contribution in [1.82, 2.24) is 4.90 Å². The van der Waals surface area contributed by atoms with Gasteiger partial charge in [0.25, 0.3) is 0 Å². The van der Waals surface area contributed by atoms with Crippen molar-refractivity contribution in [2.24, 2.45) is 11.8 Å². The van der Waals surface area contributed by atoms with Crippen LogP contribution in [-0.4, -0.2) is 36.3 Å². The molecule has 1 heterocycles. The molecule has 21 heavy (non-hydrogen) atoms. The largest absolute Gasteiger partial charge is 0.373 e. The molecule has 1 amide bonds. The van der Waals surface area contributed by atoms with Gasteiger partial charge in [0.1, 0.15) is 6.10 Å². The zero-order valence-corrected chi connectivity index (χ0v) is 12.5. The van der Waals surface area contributed by atoms with Gasteiger partial charge in [-0.3, -0.25) is 9.59 Å². The number of amides is 1. The number of carbonyl (C=O) groups excluding carboxylic acids is 2. The molecule has 0 N–H and O–H groups in total. The van der Waals surface area contributed by atoms with Crippen LogP contribution in [0.2, 0.25) is 0 Å². The topological polar surface area (TPSA) is 46.6 Å². The molecule has 0 radical (unpaired) electrons. The molecule has 4 heteroatoms. The van der Waals surface area contributed by atoms with Crippen LogP contribution in [0.3, 0.4) is 0 Å². The lowest BCUT2D eigenvalue weighted by atomic mass is 9.78. The second kappa shape index (κ2) is 5.60. The van der Waals surface area contributed by atoms with Crippen molar-refractivity contribution in [2.45, 2.75) is 31.9 Å². The van der Waals surface area contributed by atoms with E-state index in [1.54, 1.807) is 7.11 Å². The Balaban J connectivity index is 1.83. The molecule has 1 aliphatic heterocycles. The summed E-state index contributed by atoms with van der Waals surface area (Å²) < 4.78 is 5.37. The van der Waals surface area contributed by atoms with Gasteiger partial charge in [-0.2, -0.15) is 0 Å². The van der Waals surface area contributed by atoms with Gasteiger partial charge >= 0.3 is 0 Å². The summed E-state index contributed by atoms with van der Waals surface area (Å²) in [5.41, 5.74) is 1.13. The van der Waals surface area contributed by atoms with Crippen LogP contribution in [0.4, 0.5) is 0 Å². The number of likely N-dealkylation sites (tertiary alicyclic amines) is 1. The first-order valence-electron chi connectivity index (χ1n) is 7.54. The van der Waals surface area contributed by atoms with E-state index in [0.29, 0.717) is 19.4 Å². The Morgan fingerprint density at radius 3 is 2.62 bits per heavy atom. The van der Waals surface area contributed by atoms with E-state index in [2.05, 4.69) is 0 Å². The summed E-state index contributed by atoms with van der Waals surface area (Å²) in [4.78, 5) is 26.6. The van der Waals surface area contributed by atoms with Crippen molar-refractivity contribution in [1.29, 1.82) is 0 Å². The standard InChI is InChI=1S/C17H21NO3/c1-11(12-6-4-3-5-7-12)18-10-14-13(17(18)20)8-9-15(19)16(14)21-2/h3-7,11,13-14,16H,8-10H2,1-2H3/t11-,13-,14-,16+/m0/s1. The zero-order chi connectivity index (χ0) is 15.0. The van der Waals surface area contributed by atoms with Crippen molar-refractivity contribution in [3.8, 4) is 0 Å². The van der Waals surface area contributed by atoms with Crippen LogP contribution in [0.1, 0.15) is 31.4 Å². The molecular weight excluding hydrogens is 266 g/mol. The number of rotatable bonds is 3. The van der Waals surface area contributed by atoms with Crippen LogP contribution in [0, 0.1) is 11.8 Å². The van der Waals surface area contributed by atoms with Crippen LogP contribution in [-0.2, 0) is 14.3 Å². The predicted molar refractivity (Wildman–Crippen MR) is 78.6 cm³/mol. The fourth-order valence-corrected chi connectivity index (χ4v) is 3.73. The van der Waals surface area contributed by atoms with Gasteiger partial charge in [-0.05, 0) is 18.9 Å². The average molecular weight is 287 g/mol. The smallest absolute Gasteiger partial charge is 0.226 e. The van der Waals surface area contributed by atoms with Crippen LogP contribution >= 0.6 is 0 Å². The minimum Gasteiger partial charge on any atom is -0.373 e. The number of fused-ring (bicyclic) bond motifs is 1. The number of benzene rings is 1. The summed E-state index contributed by atoms with van der Waals surface area (Å²) in [5, 5.41) is 0. The van der Waals surface area contributed by atoms with Crippen LogP contribution in [0.5, 0.6) is 0 Å². The molecule has 1 aromatic rings. The lowest BCUT2D eigenvalue weighted by Crippen LogP contribution is -2.40. The Kier molecular flexibility index (Phi) is 3.81. The highest BCUT2D eigenvalue weighted by molar-refractivity contribution is 5.90. The van der Waals surface area contributed by atoms with Gasteiger partial charge in [-0.25, -0.2) is 0 Å². The molecule has 1 aromatic carbocycles. The van der Waals surface area contributed by atoms with Crippen molar-refractivity contribution in [3.63, 3.8) is 0 Å². The number of hydrogen-bond acceptors (Lipinski definition) is 3. The SMILES string of the molecule is CO[C@H]1C(=O)CC[C@@H]2C(=O)N([C@@H](C)c3ccccc3)C[C@@H]21. The van der Waals surface area contributed by atoms with Crippen molar-refractivity contribution in [3.05, 3.63) is 35.9 Å². The molecule has 4 atom stereocenters. The summed E-state index contributed by atoms with van der Waals surface area (Å²) in [6, 6.07) is 10.1. The molecule has 2 aliphatic rings. The van der Waals surface area contributed by atoms with Crippen molar-refractivity contribution < 1.29 is 14.3 Å². The van der Waals surface area contributed by atoms with Crippen LogP contribution in [0.25, 0.3) is 0 Å². The summed E-state index contributed by atoms with van der Waals surface area (Å²) in [7, 11) is 1.57. The molecule has 1 aliphatic carbocycles. The molecule has 0 unspecified atom stereocenters. The van der Waals surface area contributed by atoms with E-state index in [4.69, 9.17) is 4.74 Å². The molecular formula is C17H21NO3. The van der Waals surface area contributed by atoms with E-state index < -0.39 is 6.10 Å². The molecule has 1 saturated carbocycles. The molecule has 4 nitrogen and oxygen atoms in total. The average Bonchev–Trinajstić information content (AvgIpc) is 2.84. The number of ether oxygens (including phenoxy) is 1. The third-order valence-corrected chi connectivity index (χ3v) is 4.94. The third kappa shape index (κ3) is 2.38. The molecule has 3 rings (SSSR count). The lowest BCUT2D eigenvalue weighted by Gasteiger charge is -2.29. The Morgan fingerprint density at radius 1 is 1.24 bits per heavy atom. The normalized spacial score (nSPS) is 30.4. The van der Waals surface area contributed by atoms with Gasteiger partial charge in [-0.15, -0.1) is 0 Å². The number of carbonyl (C=O) groups is 2. The number of hydrogen-bond donors (Lipinski definition) is 0. The quantitative estimate of drug-likeness (QED) is 0.856. The van der Waals surface area contributed by atoms with Gasteiger partial charge < -0.3 is 9.64 Å². The van der Waals surface area contributed by atoms with E-state index in [-0.39, 0.29) is 29.6 Å². The van der Waals surface area contributed by atoms with E-state index >= 15 is 0 Å². The van der Waals surface area contributed by atoms with E-state index in [1.807, 2.05) is 42.2 Å². The van der Waals surface area contributed by atoms with Gasteiger partial charge in [-0.1, -0.05) is 30.3 Å². The van der Waals surface area contributed by atoms with Crippen molar-refractivity contribution in [2.75, 3.05) is 13.7 Å².